The number of hydrogen-bond acceptors (Lipinski definition) is 3. The summed E-state index contributed by atoms with van der Waals surface area (Å²) in [5.41, 5.74) is 0. The highest BCUT2D eigenvalue weighted by Crippen LogP contribution is 2.04. The van der Waals surface area contributed by atoms with Crippen LogP contribution in [0.25, 0.3) is 0 Å². The maximum absolute atomic E-state index is 11.5. The van der Waals surface area contributed by atoms with Gasteiger partial charge in [0, 0.05) is 12.6 Å². The van der Waals surface area contributed by atoms with Crippen molar-refractivity contribution in [2.45, 2.75) is 46.1 Å². The van der Waals surface area contributed by atoms with Crippen molar-refractivity contribution >= 4 is 10.0 Å². The summed E-state index contributed by atoms with van der Waals surface area (Å²) in [4.78, 5) is 0. The topological polar surface area (TPSA) is 66.4 Å². The summed E-state index contributed by atoms with van der Waals surface area (Å²) in [6.07, 6.45) is 1.99. The van der Waals surface area contributed by atoms with E-state index in [9.17, 15) is 8.42 Å². The van der Waals surface area contributed by atoms with Crippen LogP contribution in [0.4, 0.5) is 0 Å². The Hall–Kier alpha value is -0.130. The van der Waals surface area contributed by atoms with Gasteiger partial charge in [-0.2, -0.15) is 0 Å². The van der Waals surface area contributed by atoms with Gasteiger partial charge in [-0.1, -0.05) is 13.8 Å². The van der Waals surface area contributed by atoms with Crippen molar-refractivity contribution in [2.75, 3.05) is 12.4 Å². The predicted molar refractivity (Wildman–Crippen MR) is 62.2 cm³/mol. The molecule has 0 fully saturated rings. The lowest BCUT2D eigenvalue weighted by Gasteiger charge is -2.14. The second-order valence-corrected chi connectivity index (χ2v) is 6.26. The Balaban J connectivity index is 3.91. The normalized spacial score (nSPS) is 14.5. The Kier molecular flexibility index (Phi) is 7.13. The summed E-state index contributed by atoms with van der Waals surface area (Å²) >= 11 is 0. The van der Waals surface area contributed by atoms with Crippen molar-refractivity contribution in [3.05, 3.63) is 0 Å². The van der Waals surface area contributed by atoms with Crippen molar-refractivity contribution in [1.29, 1.82) is 0 Å². The quantitative estimate of drug-likeness (QED) is 0.664. The molecule has 0 amide bonds. The van der Waals surface area contributed by atoms with Gasteiger partial charge in [0.15, 0.2) is 0 Å². The van der Waals surface area contributed by atoms with Crippen LogP contribution in [0.15, 0.2) is 0 Å². The highest BCUT2D eigenvalue weighted by atomic mass is 32.2. The molecule has 0 bridgehead atoms. The molecule has 0 aliphatic heterocycles. The second-order valence-electron chi connectivity index (χ2n) is 4.39. The fourth-order valence-electron chi connectivity index (χ4n) is 1.21. The van der Waals surface area contributed by atoms with E-state index >= 15 is 0 Å². The molecular formula is C10H23NO3S. The van der Waals surface area contributed by atoms with E-state index in [1.807, 2.05) is 20.8 Å². The van der Waals surface area contributed by atoms with Crippen LogP contribution in [0.5, 0.6) is 0 Å². The van der Waals surface area contributed by atoms with Crippen molar-refractivity contribution in [2.24, 2.45) is 5.92 Å². The molecule has 0 rings (SSSR count). The van der Waals surface area contributed by atoms with Crippen LogP contribution in [-0.2, 0) is 10.0 Å². The van der Waals surface area contributed by atoms with Gasteiger partial charge in [0.1, 0.15) is 0 Å². The van der Waals surface area contributed by atoms with Crippen molar-refractivity contribution < 1.29 is 13.5 Å². The lowest BCUT2D eigenvalue weighted by atomic mass is 10.2. The van der Waals surface area contributed by atoms with E-state index in [0.29, 0.717) is 25.2 Å². The standard InChI is InChI=1S/C10H23NO3S/c1-9(2)6-8-15(13,14)11-10(3)5-4-7-12/h9-12H,4-8H2,1-3H3. The van der Waals surface area contributed by atoms with E-state index in [1.165, 1.54) is 0 Å². The van der Waals surface area contributed by atoms with Crippen LogP contribution < -0.4 is 4.72 Å². The zero-order chi connectivity index (χ0) is 11.9. The fraction of sp³-hybridized carbons (Fsp3) is 1.00. The highest BCUT2D eigenvalue weighted by Gasteiger charge is 2.14. The number of rotatable bonds is 8. The summed E-state index contributed by atoms with van der Waals surface area (Å²) in [7, 11) is -3.14. The molecule has 0 aromatic rings. The van der Waals surface area contributed by atoms with E-state index in [0.717, 1.165) is 0 Å². The minimum absolute atomic E-state index is 0.0886. The SMILES string of the molecule is CC(C)CCS(=O)(=O)NC(C)CCCO. The Morgan fingerprint density at radius 1 is 1.20 bits per heavy atom. The van der Waals surface area contributed by atoms with Crippen LogP contribution in [-0.4, -0.2) is 31.9 Å². The van der Waals surface area contributed by atoms with Gasteiger partial charge in [0.2, 0.25) is 10.0 Å². The van der Waals surface area contributed by atoms with Crippen LogP contribution >= 0.6 is 0 Å². The van der Waals surface area contributed by atoms with Gasteiger partial charge in [0.25, 0.3) is 0 Å². The third kappa shape index (κ3) is 8.84. The lowest BCUT2D eigenvalue weighted by molar-refractivity contribution is 0.279. The highest BCUT2D eigenvalue weighted by molar-refractivity contribution is 7.89. The number of sulfonamides is 1. The van der Waals surface area contributed by atoms with Crippen LogP contribution in [0, 0.1) is 5.92 Å². The maximum Gasteiger partial charge on any atom is 0.211 e. The van der Waals surface area contributed by atoms with Crippen LogP contribution in [0.3, 0.4) is 0 Å². The van der Waals surface area contributed by atoms with E-state index < -0.39 is 10.0 Å². The first kappa shape index (κ1) is 14.9. The zero-order valence-electron chi connectivity index (χ0n) is 9.86. The minimum atomic E-state index is -3.14. The van der Waals surface area contributed by atoms with Crippen molar-refractivity contribution in [1.82, 2.24) is 4.72 Å². The van der Waals surface area contributed by atoms with Gasteiger partial charge < -0.3 is 5.11 Å². The molecule has 0 aliphatic carbocycles. The molecular weight excluding hydrogens is 214 g/mol. The van der Waals surface area contributed by atoms with Crippen molar-refractivity contribution in [3.8, 4) is 0 Å². The third-order valence-electron chi connectivity index (χ3n) is 2.14. The van der Waals surface area contributed by atoms with Gasteiger partial charge >= 0.3 is 0 Å². The van der Waals surface area contributed by atoms with Crippen LogP contribution in [0.1, 0.15) is 40.0 Å². The first-order valence-corrected chi connectivity index (χ1v) is 7.13. The first-order chi connectivity index (χ1) is 6.87. The molecule has 15 heavy (non-hydrogen) atoms. The predicted octanol–water partition coefficient (Wildman–Crippen LogP) is 1.11. The molecule has 0 saturated carbocycles. The minimum Gasteiger partial charge on any atom is -0.396 e. The van der Waals surface area contributed by atoms with E-state index in [-0.39, 0.29) is 18.4 Å². The van der Waals surface area contributed by atoms with Gasteiger partial charge in [-0.25, -0.2) is 13.1 Å². The summed E-state index contributed by atoms with van der Waals surface area (Å²) in [5.74, 6) is 0.586. The van der Waals surface area contributed by atoms with E-state index in [2.05, 4.69) is 4.72 Å². The van der Waals surface area contributed by atoms with E-state index in [4.69, 9.17) is 5.11 Å². The number of aliphatic hydroxyl groups is 1. The van der Waals surface area contributed by atoms with Gasteiger partial charge in [0.05, 0.1) is 5.75 Å². The molecule has 0 aliphatic rings. The Bertz CT molecular complexity index is 249. The van der Waals surface area contributed by atoms with Gasteiger partial charge in [-0.3, -0.25) is 0 Å². The molecule has 2 N–H and O–H groups in total. The average Bonchev–Trinajstić information content (AvgIpc) is 2.11. The first-order valence-electron chi connectivity index (χ1n) is 5.48. The third-order valence-corrected chi connectivity index (χ3v) is 3.67. The summed E-state index contributed by atoms with van der Waals surface area (Å²) in [6, 6.07) is -0.0886. The maximum atomic E-state index is 11.5. The van der Waals surface area contributed by atoms with E-state index in [1.54, 1.807) is 0 Å². The molecule has 0 heterocycles. The van der Waals surface area contributed by atoms with Crippen LogP contribution in [0.2, 0.25) is 0 Å². The molecule has 4 nitrogen and oxygen atoms in total. The number of aliphatic hydroxyl groups excluding tert-OH is 1. The molecule has 0 radical (unpaired) electrons. The molecule has 0 saturated heterocycles. The fourth-order valence-corrected chi connectivity index (χ4v) is 2.84. The summed E-state index contributed by atoms with van der Waals surface area (Å²) < 4.78 is 25.7. The smallest absolute Gasteiger partial charge is 0.211 e. The number of nitrogens with one attached hydrogen (secondary N) is 1. The second kappa shape index (κ2) is 7.19. The Morgan fingerprint density at radius 3 is 2.27 bits per heavy atom. The lowest BCUT2D eigenvalue weighted by Crippen LogP contribution is -2.34. The number of hydrogen-bond donors (Lipinski definition) is 2. The molecule has 1 atom stereocenters. The zero-order valence-corrected chi connectivity index (χ0v) is 10.7. The van der Waals surface area contributed by atoms with Crippen molar-refractivity contribution in [3.63, 3.8) is 0 Å². The molecule has 0 aromatic carbocycles. The summed E-state index contributed by atoms with van der Waals surface area (Å²) in [5, 5.41) is 8.61. The molecule has 1 unspecified atom stereocenters. The van der Waals surface area contributed by atoms with Gasteiger partial charge in [-0.05, 0) is 32.1 Å². The Morgan fingerprint density at radius 2 is 1.80 bits per heavy atom. The molecule has 0 aromatic heterocycles. The van der Waals surface area contributed by atoms with Gasteiger partial charge in [-0.15, -0.1) is 0 Å². The largest absolute Gasteiger partial charge is 0.396 e. The Labute approximate surface area is 93.1 Å². The molecule has 5 heteroatoms. The molecule has 0 spiro atoms. The monoisotopic (exact) mass is 237 g/mol. The molecule has 92 valence electrons. The average molecular weight is 237 g/mol. The summed E-state index contributed by atoms with van der Waals surface area (Å²) in [6.45, 7) is 5.94.